The van der Waals surface area contributed by atoms with Gasteiger partial charge in [0, 0.05) is 51.3 Å². The van der Waals surface area contributed by atoms with Gasteiger partial charge in [0.25, 0.3) is 0 Å². The first-order valence-corrected chi connectivity index (χ1v) is 21.1. The maximum Gasteiger partial charge on any atom is 0.416 e. The van der Waals surface area contributed by atoms with Gasteiger partial charge < -0.3 is 0 Å². The zero-order chi connectivity index (χ0) is 42.1. The third-order valence-electron chi connectivity index (χ3n) is 10.0. The van der Waals surface area contributed by atoms with Gasteiger partial charge in [0.1, 0.15) is 0 Å². The van der Waals surface area contributed by atoms with Crippen LogP contribution in [-0.2, 0) is 12.4 Å². The number of fused-ring (bicyclic) bond motifs is 4. The van der Waals surface area contributed by atoms with Gasteiger partial charge in [-0.05, 0) is 108 Å². The summed E-state index contributed by atoms with van der Waals surface area (Å²) in [7, 11) is 0. The average molecular weight is 1060 g/mol. The van der Waals surface area contributed by atoms with E-state index >= 15 is 0 Å². The van der Waals surface area contributed by atoms with Crippen molar-refractivity contribution in [1.29, 1.82) is 0 Å². The van der Waals surface area contributed by atoms with Crippen molar-refractivity contribution in [1.82, 2.24) is 0 Å². The SMILES string of the molecule is FC(F)(F)c1ccc(C2=C3C=CC(=N3)C(c3c(Br)cccc3Br)=C3C=CC(=N3)C(c3ccc(C(F)(F)F)cc3)=C3C=CC(=N3)C(c3c(Br)cccc3Br)=C3C=CC2=N3)cc1. The summed E-state index contributed by atoms with van der Waals surface area (Å²) in [5.41, 5.74) is 6.79. The van der Waals surface area contributed by atoms with Gasteiger partial charge in [0.15, 0.2) is 0 Å². The summed E-state index contributed by atoms with van der Waals surface area (Å²) in [5.74, 6) is 0. The van der Waals surface area contributed by atoms with E-state index in [9.17, 15) is 26.3 Å². The standard InChI is InChI=1S/C46H22Br4F6N4/c47-27-3-1-4-28(48)41(27)43-35-19-15-31(57-35)39(23-7-11-25(12-8-23)45(51,52)53)33-17-21-37(59-33)44(42-29(49)5-2-6-30(42)50)38-22-18-34(60-38)40(32-16-20-36(43)58-32)24-9-13-26(14-10-24)46(54,55)56/h1-22H. The molecule has 0 amide bonds. The largest absolute Gasteiger partial charge is 0.416 e. The average Bonchev–Trinajstić information content (AvgIpc) is 4.04. The number of rotatable bonds is 4. The Morgan fingerprint density at radius 1 is 0.333 bits per heavy atom. The fourth-order valence-electron chi connectivity index (χ4n) is 7.32. The first-order valence-electron chi connectivity index (χ1n) is 18.0. The lowest BCUT2D eigenvalue weighted by atomic mass is 9.97. The normalized spacial score (nSPS) is 17.4. The van der Waals surface area contributed by atoms with Crippen molar-refractivity contribution in [2.45, 2.75) is 12.4 Å². The predicted octanol–water partition coefficient (Wildman–Crippen LogP) is 14.8. The fourth-order valence-corrected chi connectivity index (χ4v) is 10.1. The summed E-state index contributed by atoms with van der Waals surface area (Å²) >= 11 is 14.9. The van der Waals surface area contributed by atoms with Gasteiger partial charge in [0.05, 0.1) is 56.8 Å². The minimum Gasteiger partial charge on any atom is -0.248 e. The second-order valence-electron chi connectivity index (χ2n) is 13.7. The molecule has 0 atom stereocenters. The molecule has 296 valence electrons. The summed E-state index contributed by atoms with van der Waals surface area (Å²) in [4.78, 5) is 20.5. The molecular weight excluding hydrogens is 1040 g/mol. The molecule has 4 aromatic rings. The van der Waals surface area contributed by atoms with Gasteiger partial charge >= 0.3 is 12.4 Å². The minimum atomic E-state index is -4.54. The highest BCUT2D eigenvalue weighted by Gasteiger charge is 2.33. The van der Waals surface area contributed by atoms with Crippen LogP contribution in [0.2, 0.25) is 0 Å². The smallest absolute Gasteiger partial charge is 0.248 e. The van der Waals surface area contributed by atoms with E-state index < -0.39 is 23.5 Å². The molecule has 4 aromatic carbocycles. The Morgan fingerprint density at radius 3 is 0.883 bits per heavy atom. The molecule has 5 aliphatic rings. The van der Waals surface area contributed by atoms with Gasteiger partial charge in [-0.3, -0.25) is 0 Å². The molecular formula is C46H22Br4F6N4. The number of allylic oxidation sites excluding steroid dienone is 12. The van der Waals surface area contributed by atoms with Crippen molar-refractivity contribution in [2.24, 2.45) is 20.0 Å². The summed E-state index contributed by atoms with van der Waals surface area (Å²) in [6, 6.07) is 21.0. The Bertz CT molecular complexity index is 2710. The molecule has 0 fully saturated rings. The molecule has 5 heterocycles. The second kappa shape index (κ2) is 15.5. The molecule has 0 aliphatic carbocycles. The van der Waals surface area contributed by atoms with Gasteiger partial charge in [-0.25, -0.2) is 20.0 Å². The fraction of sp³-hybridized carbons (Fsp3) is 0.0435. The van der Waals surface area contributed by atoms with E-state index in [0.29, 0.717) is 79.1 Å². The van der Waals surface area contributed by atoms with Gasteiger partial charge in [-0.1, -0.05) is 100 Å². The van der Waals surface area contributed by atoms with E-state index in [0.717, 1.165) is 53.3 Å². The molecule has 0 saturated carbocycles. The molecule has 4 nitrogen and oxygen atoms in total. The Kier molecular flexibility index (Phi) is 10.4. The number of hydrogen-bond acceptors (Lipinski definition) is 4. The van der Waals surface area contributed by atoms with E-state index in [1.807, 2.05) is 60.7 Å². The first kappa shape index (κ1) is 40.4. The number of aliphatic imine (C=N–C) groups is 4. The molecule has 9 rings (SSSR count). The Labute approximate surface area is 372 Å². The third-order valence-corrected chi connectivity index (χ3v) is 12.7. The lowest BCUT2D eigenvalue weighted by Crippen LogP contribution is -2.06. The topological polar surface area (TPSA) is 49.4 Å². The number of benzene rings is 4. The Hall–Kier alpha value is -5.02. The van der Waals surface area contributed by atoms with E-state index in [4.69, 9.17) is 20.0 Å². The lowest BCUT2D eigenvalue weighted by molar-refractivity contribution is -0.138. The van der Waals surface area contributed by atoms with E-state index in [2.05, 4.69) is 63.7 Å². The molecule has 0 aromatic heterocycles. The molecule has 0 spiro atoms. The van der Waals surface area contributed by atoms with Crippen molar-refractivity contribution in [2.75, 3.05) is 0 Å². The Balaban J connectivity index is 1.38. The van der Waals surface area contributed by atoms with Crippen LogP contribution in [0.15, 0.2) is 194 Å². The number of hydrogen-bond donors (Lipinski definition) is 0. The molecule has 14 heteroatoms. The van der Waals surface area contributed by atoms with Crippen molar-refractivity contribution in [3.63, 3.8) is 0 Å². The van der Waals surface area contributed by atoms with Crippen LogP contribution in [0.1, 0.15) is 33.4 Å². The van der Waals surface area contributed by atoms with Crippen LogP contribution in [-0.4, -0.2) is 22.8 Å². The van der Waals surface area contributed by atoms with E-state index in [-0.39, 0.29) is 0 Å². The maximum atomic E-state index is 13.8. The van der Waals surface area contributed by atoms with Crippen molar-refractivity contribution >= 4 is 109 Å². The van der Waals surface area contributed by atoms with Crippen LogP contribution in [0, 0.1) is 0 Å². The number of halogens is 10. The summed E-state index contributed by atoms with van der Waals surface area (Å²) in [6.45, 7) is 0. The highest BCUT2D eigenvalue weighted by atomic mass is 79.9. The molecule has 5 aliphatic heterocycles. The zero-order valence-electron chi connectivity index (χ0n) is 30.3. The molecule has 0 saturated heterocycles. The van der Waals surface area contributed by atoms with Crippen LogP contribution in [0.3, 0.4) is 0 Å². The van der Waals surface area contributed by atoms with Crippen LogP contribution in [0.4, 0.5) is 26.3 Å². The third kappa shape index (κ3) is 7.41. The zero-order valence-corrected chi connectivity index (χ0v) is 36.6. The second-order valence-corrected chi connectivity index (χ2v) is 17.1. The van der Waals surface area contributed by atoms with Crippen molar-refractivity contribution in [3.05, 3.63) is 208 Å². The highest BCUT2D eigenvalue weighted by molar-refractivity contribution is 9.11. The quantitative estimate of drug-likeness (QED) is 0.183. The molecule has 0 N–H and O–H groups in total. The van der Waals surface area contributed by atoms with Gasteiger partial charge in [-0.15, -0.1) is 0 Å². The van der Waals surface area contributed by atoms with Crippen molar-refractivity contribution < 1.29 is 26.3 Å². The van der Waals surface area contributed by atoms with Crippen LogP contribution < -0.4 is 0 Å². The van der Waals surface area contributed by atoms with Crippen molar-refractivity contribution in [3.8, 4) is 0 Å². The summed E-state index contributed by atoms with van der Waals surface area (Å²) in [5, 5.41) is 0. The number of nitrogens with zero attached hydrogens (tertiary/aromatic N) is 4. The number of alkyl halides is 6. The molecule has 0 unspecified atom stereocenters. The molecule has 0 radical (unpaired) electrons. The van der Waals surface area contributed by atoms with Crippen LogP contribution in [0.25, 0.3) is 22.3 Å². The van der Waals surface area contributed by atoms with E-state index in [1.165, 1.54) is 24.3 Å². The Morgan fingerprint density at radius 2 is 0.600 bits per heavy atom. The lowest BCUT2D eigenvalue weighted by Gasteiger charge is -2.15. The van der Waals surface area contributed by atoms with Gasteiger partial charge in [0.2, 0.25) is 0 Å². The minimum absolute atomic E-state index is 0.448. The molecule has 60 heavy (non-hydrogen) atoms. The summed E-state index contributed by atoms with van der Waals surface area (Å²) < 4.78 is 85.6. The highest BCUT2D eigenvalue weighted by Crippen LogP contribution is 2.44. The summed E-state index contributed by atoms with van der Waals surface area (Å²) in [6.07, 6.45) is 5.37. The maximum absolute atomic E-state index is 13.8. The van der Waals surface area contributed by atoms with Crippen LogP contribution >= 0.6 is 63.7 Å². The van der Waals surface area contributed by atoms with Crippen LogP contribution in [0.5, 0.6) is 0 Å². The van der Waals surface area contributed by atoms with E-state index in [1.54, 1.807) is 24.3 Å². The van der Waals surface area contributed by atoms with Gasteiger partial charge in [-0.2, -0.15) is 26.3 Å². The predicted molar refractivity (Wildman–Crippen MR) is 241 cm³/mol. The monoisotopic (exact) mass is 1060 g/mol. The first-order chi connectivity index (χ1) is 28.7. The molecule has 8 bridgehead atoms.